The lowest BCUT2D eigenvalue weighted by Gasteiger charge is -2.04. The maximum absolute atomic E-state index is 13.0. The van der Waals surface area contributed by atoms with Gasteiger partial charge >= 0.3 is 0 Å². The first-order valence-electron chi connectivity index (χ1n) is 3.66. The molecule has 4 heteroatoms. The topological polar surface area (TPSA) is 61.3 Å². The average Bonchev–Trinajstić information content (AvgIpc) is 2.42. The van der Waals surface area contributed by atoms with E-state index in [-0.39, 0.29) is 11.8 Å². The fourth-order valence-corrected chi connectivity index (χ4v) is 1.37. The van der Waals surface area contributed by atoms with Crippen LogP contribution in [-0.2, 0) is 0 Å². The quantitative estimate of drug-likeness (QED) is 0.563. The summed E-state index contributed by atoms with van der Waals surface area (Å²) in [6.07, 6.45) is 0. The molecule has 1 aromatic carbocycles. The summed E-state index contributed by atoms with van der Waals surface area (Å²) in [5, 5.41) is 0. The third-order valence-corrected chi connectivity index (χ3v) is 1.96. The van der Waals surface area contributed by atoms with Gasteiger partial charge in [0.15, 0.2) is 11.6 Å². The van der Waals surface area contributed by atoms with Gasteiger partial charge in [-0.1, -0.05) is 0 Å². The Hall–Kier alpha value is -1.29. The van der Waals surface area contributed by atoms with Gasteiger partial charge in [-0.15, -0.1) is 0 Å². The number of hydrogen-bond acceptors (Lipinski definition) is 3. The minimum absolute atomic E-state index is 0.211. The van der Waals surface area contributed by atoms with Crippen molar-refractivity contribution in [2.75, 3.05) is 12.3 Å². The van der Waals surface area contributed by atoms with E-state index < -0.39 is 5.82 Å². The van der Waals surface area contributed by atoms with Gasteiger partial charge in [0, 0.05) is 11.3 Å². The molecule has 64 valence electrons. The minimum Gasteiger partial charge on any atom is -0.488 e. The predicted molar refractivity (Wildman–Crippen MR) is 43.2 cm³/mol. The lowest BCUT2D eigenvalue weighted by atomic mass is 10.1. The zero-order valence-corrected chi connectivity index (χ0v) is 6.38. The Morgan fingerprint density at radius 3 is 2.92 bits per heavy atom. The van der Waals surface area contributed by atoms with Crippen molar-refractivity contribution in [1.29, 1.82) is 0 Å². The second kappa shape index (κ2) is 2.35. The van der Waals surface area contributed by atoms with Gasteiger partial charge in [0.05, 0.1) is 6.04 Å². The standard InChI is InChI=1S/C8H9FN2O/c9-4-1-2-5(10)7-6(11)3-12-8(4)7/h1-2,6H,3,10-11H2/t6-/m0/s1. The number of benzene rings is 1. The lowest BCUT2D eigenvalue weighted by molar-refractivity contribution is 0.319. The van der Waals surface area contributed by atoms with E-state index in [0.29, 0.717) is 17.9 Å². The second-order valence-corrected chi connectivity index (χ2v) is 2.80. The van der Waals surface area contributed by atoms with Crippen molar-refractivity contribution in [1.82, 2.24) is 0 Å². The first-order chi connectivity index (χ1) is 5.70. The molecule has 3 nitrogen and oxygen atoms in total. The summed E-state index contributed by atoms with van der Waals surface area (Å²) < 4.78 is 18.1. The summed E-state index contributed by atoms with van der Waals surface area (Å²) in [7, 11) is 0. The first-order valence-corrected chi connectivity index (χ1v) is 3.66. The first kappa shape index (κ1) is 7.36. The van der Waals surface area contributed by atoms with Crippen LogP contribution in [0.1, 0.15) is 11.6 Å². The molecule has 4 N–H and O–H groups in total. The highest BCUT2D eigenvalue weighted by Crippen LogP contribution is 2.37. The Bertz CT molecular complexity index is 327. The minimum atomic E-state index is -0.396. The van der Waals surface area contributed by atoms with E-state index in [9.17, 15) is 4.39 Å². The molecule has 2 rings (SSSR count). The van der Waals surface area contributed by atoms with Gasteiger partial charge in [-0.05, 0) is 12.1 Å². The van der Waals surface area contributed by atoms with Crippen LogP contribution in [0.25, 0.3) is 0 Å². The van der Waals surface area contributed by atoms with E-state index >= 15 is 0 Å². The lowest BCUT2D eigenvalue weighted by Crippen LogP contribution is -2.12. The van der Waals surface area contributed by atoms with Crippen LogP contribution in [-0.4, -0.2) is 6.61 Å². The Kier molecular flexibility index (Phi) is 1.44. The molecule has 0 amide bonds. The number of rotatable bonds is 0. The number of ether oxygens (including phenoxy) is 1. The zero-order chi connectivity index (χ0) is 8.72. The number of hydrogen-bond donors (Lipinski definition) is 2. The van der Waals surface area contributed by atoms with Crippen molar-refractivity contribution < 1.29 is 9.13 Å². The molecular weight excluding hydrogens is 159 g/mol. The van der Waals surface area contributed by atoms with Gasteiger partial charge < -0.3 is 16.2 Å². The van der Waals surface area contributed by atoms with E-state index in [1.807, 2.05) is 0 Å². The van der Waals surface area contributed by atoms with Crippen LogP contribution in [0.3, 0.4) is 0 Å². The van der Waals surface area contributed by atoms with Gasteiger partial charge in [0.2, 0.25) is 0 Å². The molecule has 0 saturated carbocycles. The van der Waals surface area contributed by atoms with Crippen molar-refractivity contribution in [3.63, 3.8) is 0 Å². The third-order valence-electron chi connectivity index (χ3n) is 1.96. The summed E-state index contributed by atoms with van der Waals surface area (Å²) in [6.45, 7) is 0.306. The van der Waals surface area contributed by atoms with E-state index in [4.69, 9.17) is 16.2 Å². The smallest absolute Gasteiger partial charge is 0.165 e. The molecule has 0 saturated heterocycles. The Morgan fingerprint density at radius 1 is 1.50 bits per heavy atom. The number of fused-ring (bicyclic) bond motifs is 1. The Balaban J connectivity index is 2.64. The molecule has 0 aliphatic carbocycles. The van der Waals surface area contributed by atoms with Crippen LogP contribution < -0.4 is 16.2 Å². The van der Waals surface area contributed by atoms with Crippen LogP contribution in [0.5, 0.6) is 5.75 Å². The summed E-state index contributed by atoms with van der Waals surface area (Å²) in [5.41, 5.74) is 12.3. The van der Waals surface area contributed by atoms with Gasteiger partial charge in [0.25, 0.3) is 0 Å². The summed E-state index contributed by atoms with van der Waals surface area (Å²) in [5.74, 6) is -0.186. The zero-order valence-electron chi connectivity index (χ0n) is 6.38. The molecule has 0 aromatic heterocycles. The molecule has 1 aliphatic rings. The molecule has 0 unspecified atom stereocenters. The molecule has 0 bridgehead atoms. The van der Waals surface area contributed by atoms with Crippen LogP contribution in [0.4, 0.5) is 10.1 Å². The fraction of sp³-hybridized carbons (Fsp3) is 0.250. The number of halogens is 1. The van der Waals surface area contributed by atoms with Gasteiger partial charge in [-0.3, -0.25) is 0 Å². The van der Waals surface area contributed by atoms with Gasteiger partial charge in [-0.2, -0.15) is 0 Å². The van der Waals surface area contributed by atoms with Crippen molar-refractivity contribution in [2.45, 2.75) is 6.04 Å². The van der Waals surface area contributed by atoms with Crippen molar-refractivity contribution in [3.05, 3.63) is 23.5 Å². The van der Waals surface area contributed by atoms with Crippen LogP contribution in [0.2, 0.25) is 0 Å². The maximum atomic E-state index is 13.0. The summed E-state index contributed by atoms with van der Waals surface area (Å²) in [6, 6.07) is 2.49. The molecule has 0 fully saturated rings. The molecular formula is C8H9FN2O. The maximum Gasteiger partial charge on any atom is 0.165 e. The summed E-state index contributed by atoms with van der Waals surface area (Å²) in [4.78, 5) is 0. The molecule has 1 heterocycles. The molecule has 1 aromatic rings. The van der Waals surface area contributed by atoms with Crippen molar-refractivity contribution in [2.24, 2.45) is 5.73 Å². The molecule has 0 spiro atoms. The molecule has 12 heavy (non-hydrogen) atoms. The largest absolute Gasteiger partial charge is 0.488 e. The van der Waals surface area contributed by atoms with Crippen LogP contribution in [0.15, 0.2) is 12.1 Å². The highest BCUT2D eigenvalue weighted by atomic mass is 19.1. The van der Waals surface area contributed by atoms with E-state index in [0.717, 1.165) is 0 Å². The van der Waals surface area contributed by atoms with Crippen LogP contribution in [0, 0.1) is 5.82 Å². The molecule has 1 aliphatic heterocycles. The van der Waals surface area contributed by atoms with E-state index in [2.05, 4.69) is 0 Å². The molecule has 0 radical (unpaired) electrons. The average molecular weight is 168 g/mol. The Labute approximate surface area is 69.1 Å². The number of nitrogen functional groups attached to an aromatic ring is 1. The fourth-order valence-electron chi connectivity index (χ4n) is 1.37. The van der Waals surface area contributed by atoms with Gasteiger partial charge in [0.1, 0.15) is 6.61 Å². The number of anilines is 1. The van der Waals surface area contributed by atoms with E-state index in [1.54, 1.807) is 0 Å². The van der Waals surface area contributed by atoms with E-state index in [1.165, 1.54) is 12.1 Å². The monoisotopic (exact) mass is 168 g/mol. The highest BCUT2D eigenvalue weighted by Gasteiger charge is 2.26. The van der Waals surface area contributed by atoms with Crippen LogP contribution >= 0.6 is 0 Å². The van der Waals surface area contributed by atoms with Crippen molar-refractivity contribution >= 4 is 5.69 Å². The predicted octanol–water partition coefficient (Wildman–Crippen LogP) is 0.800. The molecule has 1 atom stereocenters. The number of nitrogens with two attached hydrogens (primary N) is 2. The summed E-state index contributed by atoms with van der Waals surface area (Å²) >= 11 is 0. The SMILES string of the molecule is Nc1ccc(F)c2c1[C@@H](N)CO2. The van der Waals surface area contributed by atoms with Crippen molar-refractivity contribution in [3.8, 4) is 5.75 Å². The third kappa shape index (κ3) is 0.848. The second-order valence-electron chi connectivity index (χ2n) is 2.80. The normalized spacial score (nSPS) is 20.3. The Morgan fingerprint density at radius 2 is 2.25 bits per heavy atom. The van der Waals surface area contributed by atoms with Gasteiger partial charge in [-0.25, -0.2) is 4.39 Å². The highest BCUT2D eigenvalue weighted by molar-refractivity contribution is 5.58.